The van der Waals surface area contributed by atoms with E-state index in [1.807, 2.05) is 20.8 Å². The second-order valence-corrected chi connectivity index (χ2v) is 5.96. The number of esters is 1. The minimum Gasteiger partial charge on any atom is -0.462 e. The van der Waals surface area contributed by atoms with Crippen LogP contribution in [0.2, 0.25) is 0 Å². The standard InChI is InChI=1S/C14H25NO4/c1-5-12(16)18-11-8-6-10(7-9-11)15-13(17)19-14(2,3)4/h10-11H,5-9H2,1-4H3,(H,15,17). The lowest BCUT2D eigenvalue weighted by Gasteiger charge is -2.29. The number of ether oxygens (including phenoxy) is 2. The van der Waals surface area contributed by atoms with Gasteiger partial charge in [-0.3, -0.25) is 4.79 Å². The molecule has 110 valence electrons. The molecule has 5 heteroatoms. The Labute approximate surface area is 115 Å². The Hall–Kier alpha value is -1.26. The number of hydrogen-bond acceptors (Lipinski definition) is 4. The number of rotatable bonds is 3. The van der Waals surface area contributed by atoms with Crippen LogP contribution in [0.3, 0.4) is 0 Å². The summed E-state index contributed by atoms with van der Waals surface area (Å²) in [5, 5.41) is 2.86. The Morgan fingerprint density at radius 1 is 1.16 bits per heavy atom. The van der Waals surface area contributed by atoms with Crippen molar-refractivity contribution in [3.63, 3.8) is 0 Å². The summed E-state index contributed by atoms with van der Waals surface area (Å²) in [5.74, 6) is -0.149. The van der Waals surface area contributed by atoms with Crippen LogP contribution in [0.1, 0.15) is 59.8 Å². The first-order valence-electron chi connectivity index (χ1n) is 6.99. The van der Waals surface area contributed by atoms with Gasteiger partial charge >= 0.3 is 12.1 Å². The molecule has 0 spiro atoms. The molecule has 0 unspecified atom stereocenters. The average Bonchev–Trinajstić information content (AvgIpc) is 2.29. The highest BCUT2D eigenvalue weighted by Crippen LogP contribution is 2.22. The van der Waals surface area contributed by atoms with Gasteiger partial charge in [0.15, 0.2) is 0 Å². The fourth-order valence-corrected chi connectivity index (χ4v) is 2.07. The van der Waals surface area contributed by atoms with Gasteiger partial charge in [0, 0.05) is 12.5 Å². The Balaban J connectivity index is 2.26. The summed E-state index contributed by atoms with van der Waals surface area (Å²) in [4.78, 5) is 22.8. The van der Waals surface area contributed by atoms with E-state index in [-0.39, 0.29) is 24.2 Å². The molecule has 1 rings (SSSR count). The van der Waals surface area contributed by atoms with Crippen LogP contribution < -0.4 is 5.32 Å². The van der Waals surface area contributed by atoms with E-state index in [1.165, 1.54) is 0 Å². The van der Waals surface area contributed by atoms with E-state index >= 15 is 0 Å². The number of amides is 1. The van der Waals surface area contributed by atoms with Gasteiger partial charge in [-0.15, -0.1) is 0 Å². The van der Waals surface area contributed by atoms with Crippen LogP contribution in [0.15, 0.2) is 0 Å². The molecule has 1 aliphatic rings. The maximum absolute atomic E-state index is 11.6. The molecule has 0 saturated heterocycles. The third-order valence-corrected chi connectivity index (χ3v) is 2.98. The number of nitrogens with one attached hydrogen (secondary N) is 1. The Morgan fingerprint density at radius 3 is 2.21 bits per heavy atom. The third-order valence-electron chi connectivity index (χ3n) is 2.98. The summed E-state index contributed by atoms with van der Waals surface area (Å²) in [6.45, 7) is 7.31. The Bertz CT molecular complexity index is 314. The van der Waals surface area contributed by atoms with Crippen molar-refractivity contribution < 1.29 is 19.1 Å². The second kappa shape index (κ2) is 6.78. The Kier molecular flexibility index (Phi) is 5.63. The normalized spacial score (nSPS) is 23.6. The van der Waals surface area contributed by atoms with Crippen LogP contribution in [0.4, 0.5) is 4.79 Å². The highest BCUT2D eigenvalue weighted by Gasteiger charge is 2.26. The van der Waals surface area contributed by atoms with Gasteiger partial charge in [-0.2, -0.15) is 0 Å². The number of hydrogen-bond donors (Lipinski definition) is 1. The molecule has 0 heterocycles. The molecular weight excluding hydrogens is 246 g/mol. The predicted octanol–water partition coefficient (Wildman–Crippen LogP) is 2.78. The summed E-state index contributed by atoms with van der Waals surface area (Å²) < 4.78 is 10.5. The predicted molar refractivity (Wildman–Crippen MR) is 71.8 cm³/mol. The first kappa shape index (κ1) is 15.8. The minimum absolute atomic E-state index is 0.00383. The molecule has 0 aromatic carbocycles. The summed E-state index contributed by atoms with van der Waals surface area (Å²) in [6, 6.07) is 0.117. The van der Waals surface area contributed by atoms with Gasteiger partial charge in [-0.05, 0) is 46.5 Å². The van der Waals surface area contributed by atoms with E-state index < -0.39 is 5.60 Å². The maximum atomic E-state index is 11.6. The average molecular weight is 271 g/mol. The highest BCUT2D eigenvalue weighted by atomic mass is 16.6. The summed E-state index contributed by atoms with van der Waals surface area (Å²) in [7, 11) is 0. The molecule has 0 atom stereocenters. The topological polar surface area (TPSA) is 64.6 Å². The molecule has 1 fully saturated rings. The van der Waals surface area contributed by atoms with Crippen molar-refractivity contribution >= 4 is 12.1 Å². The molecule has 0 aromatic rings. The van der Waals surface area contributed by atoms with E-state index in [0.717, 1.165) is 25.7 Å². The zero-order valence-electron chi connectivity index (χ0n) is 12.3. The molecule has 1 amide bonds. The lowest BCUT2D eigenvalue weighted by Crippen LogP contribution is -2.42. The van der Waals surface area contributed by atoms with E-state index in [0.29, 0.717) is 6.42 Å². The van der Waals surface area contributed by atoms with Gasteiger partial charge in [-0.1, -0.05) is 6.92 Å². The number of alkyl carbamates (subject to hydrolysis) is 1. The summed E-state index contributed by atoms with van der Waals surface area (Å²) >= 11 is 0. The van der Waals surface area contributed by atoms with E-state index in [4.69, 9.17) is 9.47 Å². The second-order valence-electron chi connectivity index (χ2n) is 5.96. The first-order chi connectivity index (χ1) is 8.80. The van der Waals surface area contributed by atoms with E-state index in [2.05, 4.69) is 5.32 Å². The molecule has 0 bridgehead atoms. The van der Waals surface area contributed by atoms with Crippen molar-refractivity contribution in [2.75, 3.05) is 0 Å². The minimum atomic E-state index is -0.474. The van der Waals surface area contributed by atoms with Crippen LogP contribution in [-0.2, 0) is 14.3 Å². The zero-order valence-corrected chi connectivity index (χ0v) is 12.3. The van der Waals surface area contributed by atoms with Gasteiger partial charge in [0.05, 0.1) is 0 Å². The van der Waals surface area contributed by atoms with Crippen molar-refractivity contribution in [1.29, 1.82) is 0 Å². The molecule has 0 aliphatic heterocycles. The van der Waals surface area contributed by atoms with Crippen LogP contribution in [0.25, 0.3) is 0 Å². The summed E-state index contributed by atoms with van der Waals surface area (Å²) in [6.07, 6.45) is 3.28. The van der Waals surface area contributed by atoms with Crippen LogP contribution >= 0.6 is 0 Å². The molecular formula is C14H25NO4. The van der Waals surface area contributed by atoms with Crippen molar-refractivity contribution in [2.45, 2.75) is 77.5 Å². The van der Waals surface area contributed by atoms with Crippen LogP contribution in [0.5, 0.6) is 0 Å². The molecule has 19 heavy (non-hydrogen) atoms. The monoisotopic (exact) mass is 271 g/mol. The highest BCUT2D eigenvalue weighted by molar-refractivity contribution is 5.69. The third kappa shape index (κ3) is 6.45. The molecule has 1 saturated carbocycles. The lowest BCUT2D eigenvalue weighted by molar-refractivity contribution is -0.150. The Morgan fingerprint density at radius 2 is 1.74 bits per heavy atom. The van der Waals surface area contributed by atoms with Gasteiger partial charge < -0.3 is 14.8 Å². The van der Waals surface area contributed by atoms with Gasteiger partial charge in [0.1, 0.15) is 11.7 Å². The fourth-order valence-electron chi connectivity index (χ4n) is 2.07. The first-order valence-corrected chi connectivity index (χ1v) is 6.99. The van der Waals surface area contributed by atoms with Gasteiger partial charge in [-0.25, -0.2) is 4.79 Å². The van der Waals surface area contributed by atoms with Crippen molar-refractivity contribution in [3.8, 4) is 0 Å². The van der Waals surface area contributed by atoms with Crippen molar-refractivity contribution in [1.82, 2.24) is 5.32 Å². The summed E-state index contributed by atoms with van der Waals surface area (Å²) in [5.41, 5.74) is -0.474. The van der Waals surface area contributed by atoms with Crippen LogP contribution in [-0.4, -0.2) is 29.8 Å². The molecule has 5 nitrogen and oxygen atoms in total. The van der Waals surface area contributed by atoms with E-state index in [1.54, 1.807) is 6.92 Å². The molecule has 0 aromatic heterocycles. The van der Waals surface area contributed by atoms with Crippen LogP contribution in [0, 0.1) is 0 Å². The molecule has 0 radical (unpaired) electrons. The lowest BCUT2D eigenvalue weighted by atomic mass is 9.93. The number of carbonyl (C=O) groups excluding carboxylic acids is 2. The SMILES string of the molecule is CCC(=O)OC1CCC(NC(=O)OC(C)(C)C)CC1. The quantitative estimate of drug-likeness (QED) is 0.802. The molecule has 1 N–H and O–H groups in total. The van der Waals surface area contributed by atoms with Gasteiger partial charge in [0.25, 0.3) is 0 Å². The fraction of sp³-hybridized carbons (Fsp3) is 0.857. The van der Waals surface area contributed by atoms with Crippen molar-refractivity contribution in [2.24, 2.45) is 0 Å². The number of carbonyl (C=O) groups is 2. The zero-order chi connectivity index (χ0) is 14.5. The molecule has 1 aliphatic carbocycles. The largest absolute Gasteiger partial charge is 0.462 e. The maximum Gasteiger partial charge on any atom is 0.407 e. The van der Waals surface area contributed by atoms with E-state index in [9.17, 15) is 9.59 Å². The van der Waals surface area contributed by atoms with Crippen molar-refractivity contribution in [3.05, 3.63) is 0 Å². The van der Waals surface area contributed by atoms with Gasteiger partial charge in [0.2, 0.25) is 0 Å². The smallest absolute Gasteiger partial charge is 0.407 e.